The number of rotatable bonds is 9. The normalized spacial score (nSPS) is 11.3. The molecule has 0 spiro atoms. The molecule has 4 rings (SSSR count). The second-order valence-electron chi connectivity index (χ2n) is 7.91. The summed E-state index contributed by atoms with van der Waals surface area (Å²) in [4.78, 5) is 12.4. The van der Waals surface area contributed by atoms with Crippen LogP contribution < -0.4 is 10.0 Å². The van der Waals surface area contributed by atoms with E-state index in [2.05, 4.69) is 20.2 Å². The van der Waals surface area contributed by atoms with E-state index in [4.69, 9.17) is 0 Å². The SMILES string of the molecule is Cc1ccc(S(=O)(=O)Nc2ccc(-c3nnc(SCC(=O)NCc4ccccc4)n3C)cc2)cc1. The van der Waals surface area contributed by atoms with Gasteiger partial charge in [0.05, 0.1) is 10.6 Å². The average Bonchev–Trinajstić information content (AvgIpc) is 3.22. The predicted molar refractivity (Wildman–Crippen MR) is 137 cm³/mol. The lowest BCUT2D eigenvalue weighted by molar-refractivity contribution is -0.118. The topological polar surface area (TPSA) is 106 Å². The first-order chi connectivity index (χ1) is 16.8. The van der Waals surface area contributed by atoms with E-state index in [-0.39, 0.29) is 16.6 Å². The molecule has 8 nitrogen and oxygen atoms in total. The highest BCUT2D eigenvalue weighted by molar-refractivity contribution is 7.99. The number of hydrogen-bond acceptors (Lipinski definition) is 6. The van der Waals surface area contributed by atoms with Crippen molar-refractivity contribution in [1.82, 2.24) is 20.1 Å². The molecule has 0 saturated carbocycles. The number of amides is 1. The second kappa shape index (κ2) is 10.7. The zero-order valence-electron chi connectivity index (χ0n) is 19.3. The van der Waals surface area contributed by atoms with Gasteiger partial charge in [0.1, 0.15) is 0 Å². The molecule has 35 heavy (non-hydrogen) atoms. The predicted octanol–water partition coefficient (Wildman–Crippen LogP) is 4.00. The van der Waals surface area contributed by atoms with Crippen molar-refractivity contribution in [3.63, 3.8) is 0 Å². The maximum Gasteiger partial charge on any atom is 0.261 e. The van der Waals surface area contributed by atoms with E-state index in [0.29, 0.717) is 23.2 Å². The van der Waals surface area contributed by atoms with Crippen LogP contribution in [0.3, 0.4) is 0 Å². The Kier molecular flexibility index (Phi) is 7.52. The number of carbonyl (C=O) groups excluding carboxylic acids is 1. The van der Waals surface area contributed by atoms with Gasteiger partial charge >= 0.3 is 0 Å². The fourth-order valence-corrected chi connectivity index (χ4v) is 5.09. The van der Waals surface area contributed by atoms with Crippen LogP contribution in [0, 0.1) is 6.92 Å². The highest BCUT2D eigenvalue weighted by Crippen LogP contribution is 2.25. The van der Waals surface area contributed by atoms with Crippen LogP contribution in [-0.2, 0) is 28.4 Å². The van der Waals surface area contributed by atoms with Crippen LogP contribution in [0.15, 0.2) is 88.9 Å². The van der Waals surface area contributed by atoms with Gasteiger partial charge in [0.15, 0.2) is 11.0 Å². The highest BCUT2D eigenvalue weighted by Gasteiger charge is 2.16. The van der Waals surface area contributed by atoms with Crippen molar-refractivity contribution in [2.75, 3.05) is 10.5 Å². The van der Waals surface area contributed by atoms with Gasteiger partial charge in [-0.3, -0.25) is 9.52 Å². The van der Waals surface area contributed by atoms with Crippen LogP contribution in [0.4, 0.5) is 5.69 Å². The summed E-state index contributed by atoms with van der Waals surface area (Å²) in [5.41, 5.74) is 3.25. The summed E-state index contributed by atoms with van der Waals surface area (Å²) in [6, 6.07) is 23.3. The third kappa shape index (κ3) is 6.28. The van der Waals surface area contributed by atoms with Gasteiger partial charge < -0.3 is 9.88 Å². The van der Waals surface area contributed by atoms with E-state index in [1.165, 1.54) is 11.8 Å². The maximum absolute atomic E-state index is 12.6. The molecule has 1 heterocycles. The summed E-state index contributed by atoms with van der Waals surface area (Å²) in [7, 11) is -1.85. The van der Waals surface area contributed by atoms with Gasteiger partial charge in [0, 0.05) is 24.8 Å². The van der Waals surface area contributed by atoms with E-state index in [1.807, 2.05) is 44.3 Å². The van der Waals surface area contributed by atoms with Crippen LogP contribution >= 0.6 is 11.8 Å². The van der Waals surface area contributed by atoms with E-state index in [9.17, 15) is 13.2 Å². The second-order valence-corrected chi connectivity index (χ2v) is 10.5. The van der Waals surface area contributed by atoms with E-state index >= 15 is 0 Å². The van der Waals surface area contributed by atoms with Gasteiger partial charge in [-0.25, -0.2) is 8.42 Å². The van der Waals surface area contributed by atoms with Crippen LogP contribution in [0.5, 0.6) is 0 Å². The number of carbonyl (C=O) groups is 1. The first-order valence-corrected chi connectivity index (χ1v) is 13.3. The van der Waals surface area contributed by atoms with Crippen molar-refractivity contribution in [1.29, 1.82) is 0 Å². The Morgan fingerprint density at radius 2 is 1.63 bits per heavy atom. The molecule has 2 N–H and O–H groups in total. The quantitative estimate of drug-likeness (QED) is 0.332. The maximum atomic E-state index is 12.6. The summed E-state index contributed by atoms with van der Waals surface area (Å²) >= 11 is 1.30. The summed E-state index contributed by atoms with van der Waals surface area (Å²) < 4.78 is 29.6. The van der Waals surface area contributed by atoms with Crippen LogP contribution in [-0.4, -0.2) is 34.8 Å². The first-order valence-electron chi connectivity index (χ1n) is 10.8. The molecule has 0 atom stereocenters. The van der Waals surface area contributed by atoms with Crippen LogP contribution in [0.2, 0.25) is 0 Å². The van der Waals surface area contributed by atoms with E-state index < -0.39 is 10.0 Å². The van der Waals surface area contributed by atoms with Crippen molar-refractivity contribution in [2.45, 2.75) is 23.5 Å². The molecule has 0 radical (unpaired) electrons. The minimum Gasteiger partial charge on any atom is -0.351 e. The van der Waals surface area contributed by atoms with Gasteiger partial charge in [-0.1, -0.05) is 59.8 Å². The summed E-state index contributed by atoms with van der Waals surface area (Å²) in [6.07, 6.45) is 0. The number of benzene rings is 3. The number of aryl methyl sites for hydroxylation is 1. The molecule has 180 valence electrons. The highest BCUT2D eigenvalue weighted by atomic mass is 32.2. The molecular weight excluding hydrogens is 482 g/mol. The largest absolute Gasteiger partial charge is 0.351 e. The third-order valence-corrected chi connectivity index (χ3v) is 7.64. The lowest BCUT2D eigenvalue weighted by atomic mass is 10.2. The Hall–Kier alpha value is -3.63. The molecule has 0 bridgehead atoms. The molecule has 0 aliphatic heterocycles. The van der Waals surface area contributed by atoms with Crippen molar-refractivity contribution in [3.05, 3.63) is 90.0 Å². The molecule has 0 saturated heterocycles. The lowest BCUT2D eigenvalue weighted by Gasteiger charge is -2.09. The first kappa shape index (κ1) is 24.5. The van der Waals surface area contributed by atoms with E-state index in [0.717, 1.165) is 16.7 Å². The van der Waals surface area contributed by atoms with E-state index in [1.54, 1.807) is 53.1 Å². The Morgan fingerprint density at radius 3 is 2.31 bits per heavy atom. The number of nitrogens with one attached hydrogen (secondary N) is 2. The standard InChI is InChI=1S/C25H25N5O3S2/c1-18-8-14-22(15-9-18)35(32,33)29-21-12-10-20(11-13-21)24-27-28-25(30(24)2)34-17-23(31)26-16-19-6-4-3-5-7-19/h3-15,29H,16-17H2,1-2H3,(H,26,31). The van der Waals surface area contributed by atoms with Gasteiger partial charge in [-0.2, -0.15) is 0 Å². The number of sulfonamides is 1. The molecule has 0 unspecified atom stereocenters. The van der Waals surface area contributed by atoms with Gasteiger partial charge in [-0.15, -0.1) is 10.2 Å². The zero-order valence-corrected chi connectivity index (χ0v) is 20.9. The Bertz CT molecular complexity index is 1400. The number of anilines is 1. The van der Waals surface area contributed by atoms with Crippen molar-refractivity contribution < 1.29 is 13.2 Å². The fraction of sp³-hybridized carbons (Fsp3) is 0.160. The van der Waals surface area contributed by atoms with Crippen molar-refractivity contribution in [2.24, 2.45) is 7.05 Å². The minimum atomic E-state index is -3.67. The monoisotopic (exact) mass is 507 g/mol. The summed E-state index contributed by atoms with van der Waals surface area (Å²) in [6.45, 7) is 2.38. The van der Waals surface area contributed by atoms with Gasteiger partial charge in [0.2, 0.25) is 5.91 Å². The smallest absolute Gasteiger partial charge is 0.261 e. The fourth-order valence-electron chi connectivity index (χ4n) is 3.29. The van der Waals surface area contributed by atoms with Crippen LogP contribution in [0.1, 0.15) is 11.1 Å². The van der Waals surface area contributed by atoms with Gasteiger partial charge in [-0.05, 0) is 48.9 Å². The van der Waals surface area contributed by atoms with Crippen LogP contribution in [0.25, 0.3) is 11.4 Å². The van der Waals surface area contributed by atoms with Gasteiger partial charge in [0.25, 0.3) is 10.0 Å². The summed E-state index contributed by atoms with van der Waals surface area (Å²) in [5, 5.41) is 11.9. The molecule has 0 aliphatic carbocycles. The summed E-state index contributed by atoms with van der Waals surface area (Å²) in [5.74, 6) is 0.747. The molecule has 0 aliphatic rings. The number of hydrogen-bond donors (Lipinski definition) is 2. The molecular formula is C25H25N5O3S2. The minimum absolute atomic E-state index is 0.0892. The lowest BCUT2D eigenvalue weighted by Crippen LogP contribution is -2.24. The molecule has 0 fully saturated rings. The molecule has 10 heteroatoms. The van der Waals surface area contributed by atoms with Crippen molar-refractivity contribution in [3.8, 4) is 11.4 Å². The molecule has 3 aromatic carbocycles. The average molecular weight is 508 g/mol. The molecule has 1 amide bonds. The Morgan fingerprint density at radius 1 is 0.943 bits per heavy atom. The molecule has 4 aromatic rings. The Labute approximate surface area is 208 Å². The Balaban J connectivity index is 1.36. The number of nitrogens with zero attached hydrogens (tertiary/aromatic N) is 3. The number of aromatic nitrogens is 3. The third-order valence-electron chi connectivity index (χ3n) is 5.23. The number of thioether (sulfide) groups is 1. The molecule has 1 aromatic heterocycles. The van der Waals surface area contributed by atoms with Crippen molar-refractivity contribution >= 4 is 33.4 Å². The zero-order chi connectivity index (χ0) is 24.8.